The van der Waals surface area contributed by atoms with Crippen molar-refractivity contribution in [3.8, 4) is 17.5 Å². The van der Waals surface area contributed by atoms with Gasteiger partial charge in [-0.2, -0.15) is 14.0 Å². The topological polar surface area (TPSA) is 75.3 Å². The summed E-state index contributed by atoms with van der Waals surface area (Å²) < 4.78 is 31.3. The minimum atomic E-state index is -2.93. The average molecular weight is 496 g/mol. The molecule has 1 aliphatic heterocycles. The van der Waals surface area contributed by atoms with Crippen molar-refractivity contribution in [2.75, 3.05) is 13.1 Å². The molecule has 0 spiro atoms. The first-order valence-corrected chi connectivity index (χ1v) is 11.9. The molecule has 1 aliphatic rings. The number of rotatable bonds is 5. The van der Waals surface area contributed by atoms with Crippen LogP contribution < -0.4 is 19.5 Å². The number of ether oxygens (including phenoxy) is 1. The van der Waals surface area contributed by atoms with Crippen molar-refractivity contribution in [3.05, 3.63) is 78.7 Å². The maximum Gasteiger partial charge on any atom is 0.387 e. The van der Waals surface area contributed by atoms with Crippen LogP contribution in [0.15, 0.2) is 47.3 Å². The summed E-state index contributed by atoms with van der Waals surface area (Å²) in [6.07, 6.45) is 3.37. The molecule has 0 N–H and O–H groups in total. The summed E-state index contributed by atoms with van der Waals surface area (Å²) in [7, 11) is 0. The fourth-order valence-electron chi connectivity index (χ4n) is 4.09. The molecule has 1 amide bonds. The van der Waals surface area contributed by atoms with Crippen LogP contribution in [0.5, 0.6) is 5.75 Å². The number of nitriles is 1. The number of hydrogen-bond donors (Lipinski definition) is 0. The highest BCUT2D eigenvalue weighted by atomic mass is 32.1. The van der Waals surface area contributed by atoms with Crippen LogP contribution in [0.2, 0.25) is 0 Å². The zero-order chi connectivity index (χ0) is 25.1. The predicted octanol–water partition coefficient (Wildman–Crippen LogP) is 3.24. The van der Waals surface area contributed by atoms with Crippen LogP contribution in [0.3, 0.4) is 0 Å². The number of carbonyl (C=O) groups excluding carboxylic acids is 1. The van der Waals surface area contributed by atoms with Crippen molar-refractivity contribution >= 4 is 28.9 Å². The molecule has 2 heterocycles. The Morgan fingerprint density at radius 1 is 1.14 bits per heavy atom. The lowest BCUT2D eigenvalue weighted by molar-refractivity contribution is -0.123. The van der Waals surface area contributed by atoms with E-state index in [-0.39, 0.29) is 27.5 Å². The number of halogens is 2. The summed E-state index contributed by atoms with van der Waals surface area (Å²) in [5.74, 6) is -0.377. The number of carbonyl (C=O) groups is 1. The van der Waals surface area contributed by atoms with E-state index in [9.17, 15) is 23.6 Å². The van der Waals surface area contributed by atoms with Crippen molar-refractivity contribution in [1.29, 1.82) is 5.26 Å². The monoisotopic (exact) mass is 495 g/mol. The zero-order valence-corrected chi connectivity index (χ0v) is 20.1. The van der Waals surface area contributed by atoms with Gasteiger partial charge in [-0.15, -0.1) is 11.3 Å². The Hall–Kier alpha value is -3.77. The van der Waals surface area contributed by atoms with Crippen LogP contribution in [-0.4, -0.2) is 35.1 Å². The number of aryl methyl sites for hydroxylation is 2. The second kappa shape index (κ2) is 10.2. The molecule has 0 radical (unpaired) electrons. The first kappa shape index (κ1) is 24.4. The molecule has 0 unspecified atom stereocenters. The fourth-order valence-corrected chi connectivity index (χ4v) is 5.18. The van der Waals surface area contributed by atoms with Crippen LogP contribution in [0.25, 0.3) is 17.3 Å². The predicted molar refractivity (Wildman–Crippen MR) is 130 cm³/mol. The molecule has 2 aromatic carbocycles. The Kier molecular flexibility index (Phi) is 7.12. The molecule has 1 saturated heterocycles. The minimum Gasteiger partial charge on any atom is -0.435 e. The third kappa shape index (κ3) is 5.17. The van der Waals surface area contributed by atoms with Crippen LogP contribution in [0.1, 0.15) is 29.5 Å². The van der Waals surface area contributed by atoms with E-state index < -0.39 is 6.61 Å². The van der Waals surface area contributed by atoms with Gasteiger partial charge < -0.3 is 9.64 Å². The van der Waals surface area contributed by atoms with Crippen LogP contribution in [0, 0.1) is 25.2 Å². The Labute approximate surface area is 204 Å². The largest absolute Gasteiger partial charge is 0.435 e. The van der Waals surface area contributed by atoms with Gasteiger partial charge in [0.2, 0.25) is 0 Å². The number of benzene rings is 2. The summed E-state index contributed by atoms with van der Waals surface area (Å²) in [4.78, 5) is 28.4. The van der Waals surface area contributed by atoms with E-state index in [0.717, 1.165) is 35.3 Å². The molecule has 1 fully saturated rings. The lowest BCUT2D eigenvalue weighted by atomic mass is 10.1. The highest BCUT2D eigenvalue weighted by molar-refractivity contribution is 7.07. The number of hydrogen-bond acceptors (Lipinski definition) is 5. The number of likely N-dealkylation sites (tertiary alicyclic amines) is 1. The zero-order valence-electron chi connectivity index (χ0n) is 19.3. The van der Waals surface area contributed by atoms with Crippen molar-refractivity contribution in [3.63, 3.8) is 0 Å². The molecule has 35 heavy (non-hydrogen) atoms. The van der Waals surface area contributed by atoms with Gasteiger partial charge in [-0.25, -0.2) is 0 Å². The van der Waals surface area contributed by atoms with E-state index in [1.807, 2.05) is 32.0 Å². The van der Waals surface area contributed by atoms with Crippen molar-refractivity contribution in [1.82, 2.24) is 9.47 Å². The molecular formula is C26H23F2N3O3S. The molecule has 0 atom stereocenters. The number of alkyl halides is 2. The second-order valence-corrected chi connectivity index (χ2v) is 9.31. The second-order valence-electron chi connectivity index (χ2n) is 8.28. The van der Waals surface area contributed by atoms with Crippen molar-refractivity contribution in [2.24, 2.45) is 0 Å². The van der Waals surface area contributed by atoms with E-state index in [4.69, 9.17) is 0 Å². The van der Waals surface area contributed by atoms with Gasteiger partial charge in [0.15, 0.2) is 5.57 Å². The molecule has 4 rings (SSSR count). The van der Waals surface area contributed by atoms with Gasteiger partial charge >= 0.3 is 6.61 Å². The Bertz CT molecular complexity index is 1480. The number of aromatic nitrogens is 1. The van der Waals surface area contributed by atoms with E-state index >= 15 is 0 Å². The van der Waals surface area contributed by atoms with E-state index in [0.29, 0.717) is 28.9 Å². The van der Waals surface area contributed by atoms with E-state index in [2.05, 4.69) is 4.74 Å². The highest BCUT2D eigenvalue weighted by Gasteiger charge is 2.24. The normalized spacial score (nSPS) is 14.9. The van der Waals surface area contributed by atoms with Crippen LogP contribution in [0.4, 0.5) is 8.78 Å². The lowest BCUT2D eigenvalue weighted by Crippen LogP contribution is -2.35. The summed E-state index contributed by atoms with van der Waals surface area (Å²) in [5, 5.41) is 9.96. The minimum absolute atomic E-state index is 0.00743. The first-order valence-electron chi connectivity index (χ1n) is 11.1. The third-order valence-corrected chi connectivity index (χ3v) is 6.85. The molecular weight excluding hydrogens is 472 g/mol. The van der Waals surface area contributed by atoms with E-state index in [1.54, 1.807) is 29.2 Å². The Morgan fingerprint density at radius 2 is 1.83 bits per heavy atom. The van der Waals surface area contributed by atoms with Crippen molar-refractivity contribution in [2.45, 2.75) is 33.3 Å². The molecule has 3 aromatic rings. The Morgan fingerprint density at radius 3 is 2.43 bits per heavy atom. The Balaban J connectivity index is 1.94. The van der Waals surface area contributed by atoms with E-state index in [1.165, 1.54) is 16.7 Å². The van der Waals surface area contributed by atoms with Crippen molar-refractivity contribution < 1.29 is 18.3 Å². The van der Waals surface area contributed by atoms with Gasteiger partial charge in [0.05, 0.1) is 10.2 Å². The molecule has 6 nitrogen and oxygen atoms in total. The summed E-state index contributed by atoms with van der Waals surface area (Å²) in [6, 6.07) is 13.5. The van der Waals surface area contributed by atoms with Gasteiger partial charge in [-0.1, -0.05) is 29.8 Å². The number of nitrogens with zero attached hydrogens (tertiary/aromatic N) is 3. The molecule has 1 aromatic heterocycles. The number of thiazole rings is 1. The van der Waals surface area contributed by atoms with Gasteiger partial charge in [-0.05, 0) is 62.1 Å². The standard InChI is InChI=1S/C26H23F2N3O3S/c1-16-5-10-21(17(2)13-16)31-24(33)22(14-18-6-8-19(9-7-18)34-26(27)28)35-25(31)20(15-29)23(32)30-11-3-4-12-30/h5-10,13-14,26H,3-4,11-12H2,1-2H3/b22-14-,25-20-. The summed E-state index contributed by atoms with van der Waals surface area (Å²) in [6.45, 7) is 2.04. The first-order chi connectivity index (χ1) is 16.8. The average Bonchev–Trinajstić information content (AvgIpc) is 3.45. The molecule has 0 bridgehead atoms. The number of amides is 1. The summed E-state index contributed by atoms with van der Waals surface area (Å²) in [5.41, 5.74) is 2.59. The molecule has 0 saturated carbocycles. The van der Waals surface area contributed by atoms with Gasteiger partial charge in [0, 0.05) is 13.1 Å². The van der Waals surface area contributed by atoms with Gasteiger partial charge in [0.1, 0.15) is 16.5 Å². The summed E-state index contributed by atoms with van der Waals surface area (Å²) >= 11 is 1.06. The molecule has 180 valence electrons. The fraction of sp³-hybridized carbons (Fsp3) is 0.269. The highest BCUT2D eigenvalue weighted by Crippen LogP contribution is 2.17. The van der Waals surface area contributed by atoms with Gasteiger partial charge in [0.25, 0.3) is 11.5 Å². The molecule has 0 aliphatic carbocycles. The van der Waals surface area contributed by atoms with Gasteiger partial charge in [-0.3, -0.25) is 14.2 Å². The van der Waals surface area contributed by atoms with Crippen LogP contribution in [-0.2, 0) is 4.79 Å². The third-order valence-electron chi connectivity index (χ3n) is 5.75. The maximum absolute atomic E-state index is 13.6. The molecule has 9 heteroatoms. The lowest BCUT2D eigenvalue weighted by Gasteiger charge is -2.14. The van der Waals surface area contributed by atoms with Crippen LogP contribution >= 0.6 is 11.3 Å². The smallest absolute Gasteiger partial charge is 0.387 e. The SMILES string of the molecule is Cc1ccc(-n2c(=O)/c(=C/c3ccc(OC(F)F)cc3)s/c2=C(/C#N)C(=O)N2CCCC2)c(C)c1. The maximum atomic E-state index is 13.6. The quantitative estimate of drug-likeness (QED) is 0.545.